The van der Waals surface area contributed by atoms with E-state index in [0.29, 0.717) is 37.4 Å². The van der Waals surface area contributed by atoms with Crippen molar-refractivity contribution in [3.63, 3.8) is 0 Å². The largest absolute Gasteiger partial charge is 0.385 e. The number of aliphatic hydroxyl groups is 1. The molecule has 2 aliphatic heterocycles. The van der Waals surface area contributed by atoms with Crippen LogP contribution in [0.5, 0.6) is 0 Å². The highest BCUT2D eigenvalue weighted by atomic mass is 35.5. The summed E-state index contributed by atoms with van der Waals surface area (Å²) in [4.78, 5) is 30.1. The molecule has 3 N–H and O–H groups in total. The van der Waals surface area contributed by atoms with Crippen molar-refractivity contribution in [2.75, 3.05) is 39.8 Å². The first-order valence-corrected chi connectivity index (χ1v) is 16.3. The van der Waals surface area contributed by atoms with Crippen molar-refractivity contribution in [1.82, 2.24) is 20.4 Å². The molecule has 0 spiro atoms. The molecule has 2 aliphatic rings. The van der Waals surface area contributed by atoms with Gasteiger partial charge in [0.1, 0.15) is 0 Å². The molecule has 45 heavy (non-hydrogen) atoms. The molecule has 3 aromatic rings. The van der Waals surface area contributed by atoms with Crippen LogP contribution >= 0.6 is 24.0 Å². The molecule has 0 aromatic heterocycles. The van der Waals surface area contributed by atoms with Gasteiger partial charge in [0, 0.05) is 56.1 Å². The molecular formula is C36H46Cl2N4O3. The number of halogens is 2. The summed E-state index contributed by atoms with van der Waals surface area (Å²) in [6.07, 6.45) is 4.95. The Morgan fingerprint density at radius 3 is 1.98 bits per heavy atom. The van der Waals surface area contributed by atoms with Crippen LogP contribution in [0.1, 0.15) is 61.6 Å². The van der Waals surface area contributed by atoms with Gasteiger partial charge in [-0.25, -0.2) is 4.79 Å². The third kappa shape index (κ3) is 8.59. The molecule has 242 valence electrons. The van der Waals surface area contributed by atoms with E-state index in [-0.39, 0.29) is 30.4 Å². The molecule has 0 atom stereocenters. The molecule has 0 unspecified atom stereocenters. The predicted octanol–water partition coefficient (Wildman–Crippen LogP) is 6.12. The van der Waals surface area contributed by atoms with Gasteiger partial charge in [-0.1, -0.05) is 84.4 Å². The number of carbonyl (C=O) groups excluding carboxylic acids is 2. The molecule has 7 nitrogen and oxygen atoms in total. The lowest BCUT2D eigenvalue weighted by Gasteiger charge is -2.40. The monoisotopic (exact) mass is 652 g/mol. The molecule has 2 fully saturated rings. The lowest BCUT2D eigenvalue weighted by atomic mass is 9.68. The summed E-state index contributed by atoms with van der Waals surface area (Å²) < 4.78 is 0. The number of amides is 3. The molecule has 2 saturated heterocycles. The molecule has 0 aliphatic carbocycles. The van der Waals surface area contributed by atoms with Crippen LogP contribution in [0.2, 0.25) is 5.02 Å². The number of hydrogen-bond acceptors (Lipinski definition) is 4. The van der Waals surface area contributed by atoms with Gasteiger partial charge in [-0.05, 0) is 73.9 Å². The van der Waals surface area contributed by atoms with Crippen molar-refractivity contribution in [2.24, 2.45) is 0 Å². The highest BCUT2D eigenvalue weighted by molar-refractivity contribution is 6.30. The molecule has 9 heteroatoms. The Bertz CT molecular complexity index is 1320. The van der Waals surface area contributed by atoms with Crippen LogP contribution in [0.4, 0.5) is 4.79 Å². The SMILES string of the molecule is CNC(=O)N1CCC(NC(=O)CC(CCCN2CCC(O)(c3ccc(Cl)cc3)CC2)(c2ccccc2)c2ccccc2)CC1.Cl. The molecule has 5 rings (SSSR count). The quantitative estimate of drug-likeness (QED) is 0.246. The zero-order valence-electron chi connectivity index (χ0n) is 26.1. The van der Waals surface area contributed by atoms with E-state index >= 15 is 0 Å². The number of benzene rings is 3. The fourth-order valence-electron chi connectivity index (χ4n) is 7.00. The summed E-state index contributed by atoms with van der Waals surface area (Å²) in [7, 11) is 1.65. The second-order valence-corrected chi connectivity index (χ2v) is 12.8. The van der Waals surface area contributed by atoms with Gasteiger partial charge in [-0.3, -0.25) is 4.79 Å². The van der Waals surface area contributed by atoms with E-state index in [2.05, 4.69) is 64.1 Å². The smallest absolute Gasteiger partial charge is 0.317 e. The van der Waals surface area contributed by atoms with Crippen molar-refractivity contribution in [3.8, 4) is 0 Å². The molecule has 0 radical (unpaired) electrons. The number of nitrogens with one attached hydrogen (secondary N) is 2. The predicted molar refractivity (Wildman–Crippen MR) is 183 cm³/mol. The highest BCUT2D eigenvalue weighted by Gasteiger charge is 2.38. The normalized spacial score (nSPS) is 17.3. The first kappa shape index (κ1) is 34.8. The second-order valence-electron chi connectivity index (χ2n) is 12.4. The molecule has 3 aromatic carbocycles. The number of carbonyl (C=O) groups is 2. The van der Waals surface area contributed by atoms with E-state index in [1.807, 2.05) is 36.4 Å². The summed E-state index contributed by atoms with van der Waals surface area (Å²) >= 11 is 6.07. The second kappa shape index (κ2) is 15.9. The maximum atomic E-state index is 13.8. The van der Waals surface area contributed by atoms with Crippen molar-refractivity contribution in [1.29, 1.82) is 0 Å². The van der Waals surface area contributed by atoms with Gasteiger partial charge in [-0.15, -0.1) is 12.4 Å². The van der Waals surface area contributed by atoms with Crippen LogP contribution in [-0.2, 0) is 15.8 Å². The average Bonchev–Trinajstić information content (AvgIpc) is 3.06. The van der Waals surface area contributed by atoms with Crippen molar-refractivity contribution >= 4 is 35.9 Å². The Kier molecular flexibility index (Phi) is 12.3. The molecule has 0 bridgehead atoms. The number of nitrogens with zero attached hydrogens (tertiary/aromatic N) is 2. The third-order valence-corrected chi connectivity index (χ3v) is 9.87. The first-order chi connectivity index (χ1) is 21.3. The highest BCUT2D eigenvalue weighted by Crippen LogP contribution is 2.41. The lowest BCUT2D eigenvalue weighted by molar-refractivity contribution is -0.123. The van der Waals surface area contributed by atoms with Crippen LogP contribution in [0.25, 0.3) is 0 Å². The Morgan fingerprint density at radius 2 is 1.44 bits per heavy atom. The van der Waals surface area contributed by atoms with Crippen LogP contribution in [-0.4, -0.2) is 72.7 Å². The fourth-order valence-corrected chi connectivity index (χ4v) is 7.13. The summed E-state index contributed by atoms with van der Waals surface area (Å²) in [5.74, 6) is 0.0436. The minimum absolute atomic E-state index is 0. The zero-order chi connectivity index (χ0) is 31.0. The molecular weight excluding hydrogens is 607 g/mol. The maximum absolute atomic E-state index is 13.8. The van der Waals surface area contributed by atoms with Crippen LogP contribution < -0.4 is 10.6 Å². The van der Waals surface area contributed by atoms with E-state index in [1.165, 1.54) is 0 Å². The minimum Gasteiger partial charge on any atom is -0.385 e. The van der Waals surface area contributed by atoms with Gasteiger partial charge in [0.2, 0.25) is 5.91 Å². The number of hydrogen-bond donors (Lipinski definition) is 3. The van der Waals surface area contributed by atoms with E-state index < -0.39 is 11.0 Å². The van der Waals surface area contributed by atoms with E-state index in [4.69, 9.17) is 11.6 Å². The van der Waals surface area contributed by atoms with Gasteiger partial charge in [0.05, 0.1) is 5.60 Å². The van der Waals surface area contributed by atoms with E-state index in [1.54, 1.807) is 11.9 Å². The van der Waals surface area contributed by atoms with Crippen LogP contribution in [0, 0.1) is 0 Å². The van der Waals surface area contributed by atoms with Crippen molar-refractivity contribution in [2.45, 2.75) is 62.0 Å². The summed E-state index contributed by atoms with van der Waals surface area (Å²) in [6, 6.07) is 28.4. The van der Waals surface area contributed by atoms with Gasteiger partial charge in [-0.2, -0.15) is 0 Å². The Balaban J connectivity index is 0.00000461. The van der Waals surface area contributed by atoms with Gasteiger partial charge in [0.25, 0.3) is 0 Å². The zero-order valence-corrected chi connectivity index (χ0v) is 27.7. The van der Waals surface area contributed by atoms with E-state index in [0.717, 1.165) is 62.0 Å². The Labute approximate surface area is 278 Å². The van der Waals surface area contributed by atoms with Crippen molar-refractivity contribution < 1.29 is 14.7 Å². The Morgan fingerprint density at radius 1 is 0.889 bits per heavy atom. The first-order valence-electron chi connectivity index (χ1n) is 15.9. The summed E-state index contributed by atoms with van der Waals surface area (Å²) in [5, 5.41) is 18.0. The van der Waals surface area contributed by atoms with Crippen molar-refractivity contribution in [3.05, 3.63) is 107 Å². The lowest BCUT2D eigenvalue weighted by Crippen LogP contribution is -2.49. The number of piperidine rings is 2. The summed E-state index contributed by atoms with van der Waals surface area (Å²) in [6.45, 7) is 3.81. The Hall–Kier alpha value is -3.10. The standard InChI is InChI=1S/C36H45ClN4O3.ClH/c1-38-34(43)41-23-17-32(18-24-41)39-33(42)27-35(28-9-4-2-5-10-28,29-11-6-3-7-12-29)19-8-22-40-25-20-36(44,21-26-40)30-13-15-31(37)16-14-30;/h2-7,9-16,32,44H,8,17-27H2,1H3,(H,38,43)(H,39,42);1H. The average molecular weight is 654 g/mol. The van der Waals surface area contributed by atoms with Crippen LogP contribution in [0.15, 0.2) is 84.9 Å². The number of rotatable bonds is 10. The molecule has 3 amide bonds. The summed E-state index contributed by atoms with van der Waals surface area (Å²) in [5.41, 5.74) is 1.92. The van der Waals surface area contributed by atoms with Crippen LogP contribution in [0.3, 0.4) is 0 Å². The number of likely N-dealkylation sites (tertiary alicyclic amines) is 2. The molecule has 0 saturated carbocycles. The fraction of sp³-hybridized carbons (Fsp3) is 0.444. The minimum atomic E-state index is -0.826. The van der Waals surface area contributed by atoms with E-state index in [9.17, 15) is 14.7 Å². The topological polar surface area (TPSA) is 84.9 Å². The number of urea groups is 1. The third-order valence-electron chi connectivity index (χ3n) is 9.62. The van der Waals surface area contributed by atoms with Gasteiger partial charge in [0.15, 0.2) is 0 Å². The van der Waals surface area contributed by atoms with Gasteiger partial charge >= 0.3 is 6.03 Å². The molecule has 2 heterocycles. The maximum Gasteiger partial charge on any atom is 0.317 e. The van der Waals surface area contributed by atoms with Gasteiger partial charge < -0.3 is 25.5 Å².